The van der Waals surface area contributed by atoms with E-state index in [1.54, 1.807) is 6.07 Å². The van der Waals surface area contributed by atoms with Gasteiger partial charge in [-0.2, -0.15) is 0 Å². The smallest absolute Gasteiger partial charge is 0.262 e. The van der Waals surface area contributed by atoms with Gasteiger partial charge in [0.15, 0.2) is 6.61 Å². The van der Waals surface area contributed by atoms with Crippen LogP contribution >= 0.6 is 0 Å². The SMILES string of the molecule is C[C@@H]1Oc2cc(F)ccc2[C@H]1NCc1ccc2c(c1)NC(=O)CO2. The maximum atomic E-state index is 13.3. The van der Waals surface area contributed by atoms with Crippen LogP contribution in [0.25, 0.3) is 0 Å². The van der Waals surface area contributed by atoms with Gasteiger partial charge in [0, 0.05) is 18.2 Å². The molecule has 0 radical (unpaired) electrons. The average molecular weight is 328 g/mol. The third-order valence-corrected chi connectivity index (χ3v) is 4.30. The Balaban J connectivity index is 1.50. The molecule has 2 N–H and O–H groups in total. The molecule has 0 aromatic heterocycles. The van der Waals surface area contributed by atoms with Crippen molar-refractivity contribution in [3.8, 4) is 11.5 Å². The highest BCUT2D eigenvalue weighted by molar-refractivity contribution is 5.95. The Kier molecular flexibility index (Phi) is 3.61. The van der Waals surface area contributed by atoms with Gasteiger partial charge in [-0.3, -0.25) is 4.79 Å². The summed E-state index contributed by atoms with van der Waals surface area (Å²) in [6.45, 7) is 2.60. The number of carbonyl (C=O) groups is 1. The first-order chi connectivity index (χ1) is 11.6. The molecule has 0 saturated carbocycles. The Morgan fingerprint density at radius 2 is 2.12 bits per heavy atom. The van der Waals surface area contributed by atoms with Crippen molar-refractivity contribution in [3.63, 3.8) is 0 Å². The van der Waals surface area contributed by atoms with Gasteiger partial charge < -0.3 is 20.1 Å². The van der Waals surface area contributed by atoms with Gasteiger partial charge in [-0.15, -0.1) is 0 Å². The highest BCUT2D eigenvalue weighted by atomic mass is 19.1. The lowest BCUT2D eigenvalue weighted by atomic mass is 10.0. The summed E-state index contributed by atoms with van der Waals surface area (Å²) in [5, 5.41) is 6.24. The molecular formula is C18H17FN2O3. The van der Waals surface area contributed by atoms with Gasteiger partial charge in [0.25, 0.3) is 5.91 Å². The van der Waals surface area contributed by atoms with Gasteiger partial charge in [0.1, 0.15) is 23.4 Å². The van der Waals surface area contributed by atoms with E-state index < -0.39 is 0 Å². The molecule has 2 aromatic rings. The highest BCUT2D eigenvalue weighted by Gasteiger charge is 2.31. The predicted molar refractivity (Wildman–Crippen MR) is 86.6 cm³/mol. The summed E-state index contributed by atoms with van der Waals surface area (Å²) in [5.74, 6) is 0.816. The first-order valence-corrected chi connectivity index (χ1v) is 7.85. The van der Waals surface area contributed by atoms with E-state index in [4.69, 9.17) is 9.47 Å². The minimum Gasteiger partial charge on any atom is -0.488 e. The van der Waals surface area contributed by atoms with E-state index in [1.807, 2.05) is 25.1 Å². The second kappa shape index (κ2) is 5.79. The van der Waals surface area contributed by atoms with E-state index in [0.29, 0.717) is 23.7 Å². The predicted octanol–water partition coefficient (Wildman–Crippen LogP) is 2.77. The van der Waals surface area contributed by atoms with E-state index in [2.05, 4.69) is 10.6 Å². The Bertz CT molecular complexity index is 809. The van der Waals surface area contributed by atoms with Crippen LogP contribution in [0.1, 0.15) is 24.1 Å². The number of hydrogen-bond acceptors (Lipinski definition) is 4. The molecule has 4 rings (SSSR count). The molecule has 2 aromatic carbocycles. The largest absolute Gasteiger partial charge is 0.488 e. The number of ether oxygens (including phenoxy) is 2. The first-order valence-electron chi connectivity index (χ1n) is 7.85. The lowest BCUT2D eigenvalue weighted by Crippen LogP contribution is -2.29. The lowest BCUT2D eigenvalue weighted by Gasteiger charge is -2.20. The summed E-state index contributed by atoms with van der Waals surface area (Å²) < 4.78 is 24.4. The Morgan fingerprint density at radius 3 is 3.00 bits per heavy atom. The number of hydrogen-bond donors (Lipinski definition) is 2. The zero-order valence-corrected chi connectivity index (χ0v) is 13.1. The van der Waals surface area contributed by atoms with Crippen molar-refractivity contribution in [1.82, 2.24) is 5.32 Å². The fraction of sp³-hybridized carbons (Fsp3) is 0.278. The number of benzene rings is 2. The number of nitrogens with one attached hydrogen (secondary N) is 2. The summed E-state index contributed by atoms with van der Waals surface area (Å²) in [6.07, 6.45) is -0.0811. The monoisotopic (exact) mass is 328 g/mol. The van der Waals surface area contributed by atoms with Crippen molar-refractivity contribution in [1.29, 1.82) is 0 Å². The number of fused-ring (bicyclic) bond motifs is 2. The molecule has 0 saturated heterocycles. The maximum Gasteiger partial charge on any atom is 0.262 e. The van der Waals surface area contributed by atoms with E-state index in [0.717, 1.165) is 11.1 Å². The molecule has 1 amide bonds. The maximum absolute atomic E-state index is 13.3. The van der Waals surface area contributed by atoms with E-state index in [1.165, 1.54) is 12.1 Å². The number of carbonyl (C=O) groups excluding carboxylic acids is 1. The van der Waals surface area contributed by atoms with Crippen LogP contribution in [-0.4, -0.2) is 18.6 Å². The van der Waals surface area contributed by atoms with Gasteiger partial charge >= 0.3 is 0 Å². The minimum atomic E-state index is -0.299. The van der Waals surface area contributed by atoms with Crippen molar-refractivity contribution in [2.75, 3.05) is 11.9 Å². The summed E-state index contributed by atoms with van der Waals surface area (Å²) in [5.41, 5.74) is 2.66. The van der Waals surface area contributed by atoms with Crippen LogP contribution in [0.3, 0.4) is 0 Å². The number of amides is 1. The van der Waals surface area contributed by atoms with Gasteiger partial charge in [-0.25, -0.2) is 4.39 Å². The summed E-state index contributed by atoms with van der Waals surface area (Å²) in [7, 11) is 0. The molecule has 0 unspecified atom stereocenters. The molecule has 0 spiro atoms. The summed E-state index contributed by atoms with van der Waals surface area (Å²) in [6, 6.07) is 10.3. The quantitative estimate of drug-likeness (QED) is 0.910. The fourth-order valence-electron chi connectivity index (χ4n) is 3.13. The van der Waals surface area contributed by atoms with Crippen LogP contribution in [0.4, 0.5) is 10.1 Å². The van der Waals surface area contributed by atoms with Crippen LogP contribution < -0.4 is 20.1 Å². The van der Waals surface area contributed by atoms with E-state index >= 15 is 0 Å². The topological polar surface area (TPSA) is 59.6 Å². The summed E-state index contributed by atoms with van der Waals surface area (Å²) >= 11 is 0. The van der Waals surface area contributed by atoms with Crippen LogP contribution in [0.5, 0.6) is 11.5 Å². The van der Waals surface area contributed by atoms with Gasteiger partial charge in [-0.1, -0.05) is 12.1 Å². The molecule has 0 bridgehead atoms. The van der Waals surface area contributed by atoms with Gasteiger partial charge in [0.2, 0.25) is 0 Å². The standard InChI is InChI=1S/C18H17FN2O3/c1-10-18(13-4-3-12(19)7-16(13)24-10)20-8-11-2-5-15-14(6-11)21-17(22)9-23-15/h2-7,10,18,20H,8-9H2,1H3,(H,21,22)/t10-,18-/m0/s1. The number of halogens is 1. The molecule has 5 nitrogen and oxygen atoms in total. The molecule has 24 heavy (non-hydrogen) atoms. The zero-order valence-electron chi connectivity index (χ0n) is 13.1. The molecule has 0 aliphatic carbocycles. The molecule has 0 fully saturated rings. The molecule has 2 aliphatic rings. The normalized spacial score (nSPS) is 21.3. The molecule has 2 aliphatic heterocycles. The van der Waals surface area contributed by atoms with Crippen LogP contribution in [0.15, 0.2) is 36.4 Å². The van der Waals surface area contributed by atoms with Crippen molar-refractivity contribution < 1.29 is 18.7 Å². The second-order valence-corrected chi connectivity index (χ2v) is 6.03. The Hall–Kier alpha value is -2.60. The van der Waals surface area contributed by atoms with Crippen LogP contribution in [0.2, 0.25) is 0 Å². The van der Waals surface area contributed by atoms with E-state index in [-0.39, 0.29) is 30.5 Å². The third kappa shape index (κ3) is 2.69. The Labute approximate surface area is 138 Å². The minimum absolute atomic E-state index is 0.0116. The van der Waals surface area contributed by atoms with Crippen molar-refractivity contribution in [2.45, 2.75) is 25.6 Å². The van der Waals surface area contributed by atoms with Crippen molar-refractivity contribution >= 4 is 11.6 Å². The molecule has 6 heteroatoms. The van der Waals surface area contributed by atoms with Crippen LogP contribution in [0, 0.1) is 5.82 Å². The lowest BCUT2D eigenvalue weighted by molar-refractivity contribution is -0.118. The summed E-state index contributed by atoms with van der Waals surface area (Å²) in [4.78, 5) is 11.4. The fourth-order valence-corrected chi connectivity index (χ4v) is 3.13. The highest BCUT2D eigenvalue weighted by Crippen LogP contribution is 2.37. The van der Waals surface area contributed by atoms with Crippen molar-refractivity contribution in [2.24, 2.45) is 0 Å². The molecular weight excluding hydrogens is 311 g/mol. The van der Waals surface area contributed by atoms with Crippen LogP contribution in [-0.2, 0) is 11.3 Å². The zero-order chi connectivity index (χ0) is 16.7. The number of anilines is 1. The number of rotatable bonds is 3. The van der Waals surface area contributed by atoms with Gasteiger partial charge in [0.05, 0.1) is 11.7 Å². The molecule has 2 heterocycles. The van der Waals surface area contributed by atoms with Crippen molar-refractivity contribution in [3.05, 3.63) is 53.3 Å². The molecule has 2 atom stereocenters. The second-order valence-electron chi connectivity index (χ2n) is 6.03. The average Bonchev–Trinajstić information content (AvgIpc) is 2.86. The third-order valence-electron chi connectivity index (χ3n) is 4.30. The van der Waals surface area contributed by atoms with E-state index in [9.17, 15) is 9.18 Å². The first kappa shape index (κ1) is 15.0. The van der Waals surface area contributed by atoms with Gasteiger partial charge in [-0.05, 0) is 30.7 Å². The molecule has 124 valence electrons. The Morgan fingerprint density at radius 1 is 1.25 bits per heavy atom.